The van der Waals surface area contributed by atoms with Crippen molar-refractivity contribution < 1.29 is 9.53 Å². The van der Waals surface area contributed by atoms with Gasteiger partial charge >= 0.3 is 0 Å². The number of Topliss-reactive ketones (excluding diaryl/α,β-unsaturated/α-hetero) is 1. The van der Waals surface area contributed by atoms with Gasteiger partial charge in [0.2, 0.25) is 0 Å². The van der Waals surface area contributed by atoms with Crippen molar-refractivity contribution in [3.05, 3.63) is 15.9 Å². The van der Waals surface area contributed by atoms with Gasteiger partial charge in [0.25, 0.3) is 0 Å². The van der Waals surface area contributed by atoms with Crippen molar-refractivity contribution in [3.63, 3.8) is 0 Å². The maximum absolute atomic E-state index is 12.6. The summed E-state index contributed by atoms with van der Waals surface area (Å²) in [4.78, 5) is 12.6. The van der Waals surface area contributed by atoms with Gasteiger partial charge in [-0.2, -0.15) is 5.10 Å². The van der Waals surface area contributed by atoms with E-state index in [4.69, 9.17) is 4.74 Å². The number of ether oxygens (including phenoxy) is 1. The second-order valence-corrected chi connectivity index (χ2v) is 6.12. The zero-order valence-corrected chi connectivity index (χ0v) is 13.4. The van der Waals surface area contributed by atoms with E-state index in [-0.39, 0.29) is 5.78 Å². The molecular weight excluding hydrogens is 308 g/mol. The van der Waals surface area contributed by atoms with E-state index in [0.29, 0.717) is 6.42 Å². The molecule has 0 bridgehead atoms. The van der Waals surface area contributed by atoms with E-state index in [0.717, 1.165) is 41.5 Å². The first-order valence-corrected chi connectivity index (χ1v) is 7.56. The monoisotopic (exact) mass is 328 g/mol. The number of aryl methyl sites for hydroxylation is 2. The zero-order chi connectivity index (χ0) is 14.0. The summed E-state index contributed by atoms with van der Waals surface area (Å²) in [5, 5.41) is 4.33. The van der Waals surface area contributed by atoms with Crippen molar-refractivity contribution in [2.24, 2.45) is 7.05 Å². The molecule has 0 saturated heterocycles. The van der Waals surface area contributed by atoms with Gasteiger partial charge in [-0.15, -0.1) is 0 Å². The van der Waals surface area contributed by atoms with Crippen LogP contribution in [0.15, 0.2) is 4.47 Å². The average Bonchev–Trinajstić information content (AvgIpc) is 2.66. The highest BCUT2D eigenvalue weighted by Gasteiger charge is 2.39. The SMILES string of the molecule is COC1(C(=O)Cc2c(Br)c(C)nn2C)CCCCC1. The van der Waals surface area contributed by atoms with E-state index >= 15 is 0 Å². The summed E-state index contributed by atoms with van der Waals surface area (Å²) in [6.45, 7) is 1.94. The van der Waals surface area contributed by atoms with E-state index in [1.54, 1.807) is 11.8 Å². The van der Waals surface area contributed by atoms with Crippen LogP contribution in [-0.4, -0.2) is 28.3 Å². The molecule has 0 amide bonds. The summed E-state index contributed by atoms with van der Waals surface area (Å²) in [5.74, 6) is 0.179. The van der Waals surface area contributed by atoms with Crippen molar-refractivity contribution >= 4 is 21.7 Å². The molecule has 0 spiro atoms. The van der Waals surface area contributed by atoms with Crippen LogP contribution >= 0.6 is 15.9 Å². The summed E-state index contributed by atoms with van der Waals surface area (Å²) < 4.78 is 8.32. The Kier molecular flexibility index (Phi) is 4.46. The number of halogens is 1. The molecule has 19 heavy (non-hydrogen) atoms. The van der Waals surface area contributed by atoms with E-state index < -0.39 is 5.60 Å². The standard InChI is InChI=1S/C14H21BrN2O2/c1-10-13(15)11(17(2)16-10)9-12(18)14(19-3)7-5-4-6-8-14/h4-9H2,1-3H3. The lowest BCUT2D eigenvalue weighted by Crippen LogP contribution is -2.43. The molecule has 1 aliphatic carbocycles. The van der Waals surface area contributed by atoms with Gasteiger partial charge in [-0.25, -0.2) is 0 Å². The largest absolute Gasteiger partial charge is 0.370 e. The van der Waals surface area contributed by atoms with Gasteiger partial charge < -0.3 is 4.74 Å². The molecule has 1 aliphatic rings. The Balaban J connectivity index is 2.19. The average molecular weight is 329 g/mol. The normalized spacial score (nSPS) is 18.5. The molecule has 0 aromatic carbocycles. The lowest BCUT2D eigenvalue weighted by molar-refractivity contribution is -0.144. The van der Waals surface area contributed by atoms with Crippen LogP contribution in [-0.2, 0) is 23.0 Å². The molecule has 106 valence electrons. The summed E-state index contributed by atoms with van der Waals surface area (Å²) in [5.41, 5.74) is 1.28. The number of aromatic nitrogens is 2. The number of methoxy groups -OCH3 is 1. The van der Waals surface area contributed by atoms with Crippen molar-refractivity contribution in [1.29, 1.82) is 0 Å². The molecule has 5 heteroatoms. The first kappa shape index (κ1) is 14.7. The van der Waals surface area contributed by atoms with Crippen molar-refractivity contribution in [2.75, 3.05) is 7.11 Å². The molecule has 4 nitrogen and oxygen atoms in total. The highest BCUT2D eigenvalue weighted by Crippen LogP contribution is 2.33. The van der Waals surface area contributed by atoms with Gasteiger partial charge in [-0.1, -0.05) is 19.3 Å². The smallest absolute Gasteiger partial charge is 0.170 e. The third-order valence-electron chi connectivity index (χ3n) is 4.15. The minimum absolute atomic E-state index is 0.179. The molecule has 1 heterocycles. The van der Waals surface area contributed by atoms with E-state index in [1.807, 2.05) is 14.0 Å². The Morgan fingerprint density at radius 3 is 2.53 bits per heavy atom. The number of hydrogen-bond donors (Lipinski definition) is 0. The van der Waals surface area contributed by atoms with Crippen LogP contribution in [0, 0.1) is 6.92 Å². The lowest BCUT2D eigenvalue weighted by atomic mass is 9.80. The van der Waals surface area contributed by atoms with Crippen LogP contribution in [0.5, 0.6) is 0 Å². The van der Waals surface area contributed by atoms with E-state index in [2.05, 4.69) is 21.0 Å². The van der Waals surface area contributed by atoms with Crippen molar-refractivity contribution in [3.8, 4) is 0 Å². The Hall–Kier alpha value is -0.680. The summed E-state index contributed by atoms with van der Waals surface area (Å²) in [7, 11) is 3.54. The van der Waals surface area contributed by atoms with Crippen molar-refractivity contribution in [2.45, 2.75) is 51.0 Å². The lowest BCUT2D eigenvalue weighted by Gasteiger charge is -2.34. The molecule has 0 aliphatic heterocycles. The zero-order valence-electron chi connectivity index (χ0n) is 11.8. The summed E-state index contributed by atoms with van der Waals surface area (Å²) >= 11 is 3.52. The van der Waals surface area contributed by atoms with Crippen molar-refractivity contribution in [1.82, 2.24) is 9.78 Å². The minimum atomic E-state index is -0.574. The maximum Gasteiger partial charge on any atom is 0.170 e. The fourth-order valence-electron chi connectivity index (χ4n) is 2.90. The number of carbonyl (C=O) groups is 1. The second-order valence-electron chi connectivity index (χ2n) is 5.33. The molecule has 1 aromatic rings. The third kappa shape index (κ3) is 2.77. The predicted octanol–water partition coefficient (Wildman–Crippen LogP) is 2.95. The summed E-state index contributed by atoms with van der Waals surface area (Å²) in [6, 6.07) is 0. The number of rotatable bonds is 4. The third-order valence-corrected chi connectivity index (χ3v) is 5.18. The quantitative estimate of drug-likeness (QED) is 0.853. The molecule has 0 N–H and O–H groups in total. The summed E-state index contributed by atoms with van der Waals surface area (Å²) in [6.07, 6.45) is 5.42. The molecule has 0 atom stereocenters. The molecule has 1 aromatic heterocycles. The predicted molar refractivity (Wildman–Crippen MR) is 77.2 cm³/mol. The molecule has 1 fully saturated rings. The Morgan fingerprint density at radius 1 is 1.42 bits per heavy atom. The molecule has 2 rings (SSSR count). The van der Waals surface area contributed by atoms with Gasteiger partial charge in [-0.3, -0.25) is 9.48 Å². The fourth-order valence-corrected chi connectivity index (χ4v) is 3.38. The van der Waals surface area contributed by atoms with Crippen LogP contribution in [0.25, 0.3) is 0 Å². The van der Waals surface area contributed by atoms with E-state index in [1.165, 1.54) is 6.42 Å². The number of nitrogens with zero attached hydrogens (tertiary/aromatic N) is 2. The first-order valence-electron chi connectivity index (χ1n) is 6.76. The van der Waals surface area contributed by atoms with E-state index in [9.17, 15) is 4.79 Å². The highest BCUT2D eigenvalue weighted by atomic mass is 79.9. The molecular formula is C14H21BrN2O2. The number of ketones is 1. The number of hydrogen-bond acceptors (Lipinski definition) is 3. The topological polar surface area (TPSA) is 44.1 Å². The van der Waals surface area contributed by atoms with Crippen LogP contribution in [0.3, 0.4) is 0 Å². The van der Waals surface area contributed by atoms with Crippen LogP contribution < -0.4 is 0 Å². The van der Waals surface area contributed by atoms with Gasteiger partial charge in [0.15, 0.2) is 5.78 Å². The first-order chi connectivity index (χ1) is 9.00. The highest BCUT2D eigenvalue weighted by molar-refractivity contribution is 9.10. The minimum Gasteiger partial charge on any atom is -0.370 e. The molecule has 0 radical (unpaired) electrons. The molecule has 1 saturated carbocycles. The van der Waals surface area contributed by atoms with Gasteiger partial charge in [-0.05, 0) is 35.7 Å². The number of carbonyl (C=O) groups excluding carboxylic acids is 1. The van der Waals surface area contributed by atoms with Gasteiger partial charge in [0.1, 0.15) is 5.60 Å². The van der Waals surface area contributed by atoms with Crippen LogP contribution in [0.2, 0.25) is 0 Å². The Bertz CT molecular complexity index is 476. The fraction of sp³-hybridized carbons (Fsp3) is 0.714. The Morgan fingerprint density at radius 2 is 2.05 bits per heavy atom. The maximum atomic E-state index is 12.6. The second kappa shape index (κ2) is 5.75. The van der Waals surface area contributed by atoms with Crippen LogP contribution in [0.1, 0.15) is 43.5 Å². The Labute approximate surface area is 122 Å². The van der Waals surface area contributed by atoms with Crippen LogP contribution in [0.4, 0.5) is 0 Å². The molecule has 0 unspecified atom stereocenters. The van der Waals surface area contributed by atoms with Gasteiger partial charge in [0, 0.05) is 14.2 Å². The van der Waals surface area contributed by atoms with Gasteiger partial charge in [0.05, 0.1) is 22.3 Å².